The quantitative estimate of drug-likeness (QED) is 0.411. The maximum absolute atomic E-state index is 12.2. The minimum absolute atomic E-state index is 0.0619. The van der Waals surface area contributed by atoms with Crippen LogP contribution in [-0.2, 0) is 10.0 Å². The van der Waals surface area contributed by atoms with Crippen molar-refractivity contribution >= 4 is 45.8 Å². The van der Waals surface area contributed by atoms with Crippen LogP contribution in [0.15, 0.2) is 23.2 Å². The van der Waals surface area contributed by atoms with Crippen molar-refractivity contribution < 1.29 is 8.42 Å². The average molecular weight is 390 g/mol. The normalized spacial score (nSPS) is 16.9. The Kier molecular flexibility index (Phi) is 6.98. The molecule has 1 saturated carbocycles. The Labute approximate surface area is 154 Å². The van der Waals surface area contributed by atoms with Crippen LogP contribution in [0.5, 0.6) is 0 Å². The predicted molar refractivity (Wildman–Crippen MR) is 103 cm³/mol. The van der Waals surface area contributed by atoms with E-state index < -0.39 is 10.0 Å². The number of aryl methyl sites for hydroxylation is 1. The molecule has 1 aromatic carbocycles. The topological polar surface area (TPSA) is 53.0 Å². The first-order valence-electron chi connectivity index (χ1n) is 7.98. The van der Waals surface area contributed by atoms with E-state index >= 15 is 0 Å². The lowest BCUT2D eigenvalue weighted by molar-refractivity contribution is 0.344. The standard InChI is InChI=1S/C16H24ClN3O2S2/c1-13-11-14(17)9-10-16(13)18-12-19(2)23-20(24(3,21)22)15-7-5-4-6-8-15/h9-12,15H,4-8H2,1-3H3/b18-12+. The molecule has 1 aliphatic carbocycles. The number of aliphatic imine (C=N–C) groups is 1. The van der Waals surface area contributed by atoms with Crippen LogP contribution in [0, 0.1) is 6.92 Å². The average Bonchev–Trinajstić information content (AvgIpc) is 2.51. The van der Waals surface area contributed by atoms with Gasteiger partial charge in [0.1, 0.15) is 6.34 Å². The molecule has 0 saturated heterocycles. The molecule has 24 heavy (non-hydrogen) atoms. The van der Waals surface area contributed by atoms with Gasteiger partial charge in [0.25, 0.3) is 0 Å². The van der Waals surface area contributed by atoms with E-state index in [1.807, 2.05) is 19.1 Å². The number of hydrogen-bond donors (Lipinski definition) is 0. The first kappa shape index (κ1) is 19.6. The SMILES string of the molecule is Cc1cc(Cl)ccc1/N=C/N(C)SN(C1CCCCC1)S(C)(=O)=O. The number of rotatable bonds is 6. The molecule has 1 fully saturated rings. The summed E-state index contributed by atoms with van der Waals surface area (Å²) in [6.45, 7) is 1.94. The third-order valence-corrected chi connectivity index (χ3v) is 6.94. The van der Waals surface area contributed by atoms with Gasteiger partial charge in [-0.05, 0) is 43.5 Å². The van der Waals surface area contributed by atoms with Crippen LogP contribution in [0.2, 0.25) is 5.02 Å². The molecular weight excluding hydrogens is 366 g/mol. The van der Waals surface area contributed by atoms with E-state index in [0.717, 1.165) is 36.9 Å². The van der Waals surface area contributed by atoms with Crippen molar-refractivity contribution in [3.05, 3.63) is 28.8 Å². The first-order valence-corrected chi connectivity index (χ1v) is 10.9. The third-order valence-electron chi connectivity index (χ3n) is 3.93. The second-order valence-corrected chi connectivity index (χ2v) is 9.77. The van der Waals surface area contributed by atoms with Crippen molar-refractivity contribution in [3.63, 3.8) is 0 Å². The Hall–Kier alpha value is -0.760. The summed E-state index contributed by atoms with van der Waals surface area (Å²) >= 11 is 7.13. The number of hydrogen-bond acceptors (Lipinski definition) is 4. The predicted octanol–water partition coefficient (Wildman–Crippen LogP) is 4.40. The smallest absolute Gasteiger partial charge is 0.222 e. The van der Waals surface area contributed by atoms with Crippen LogP contribution in [0.1, 0.15) is 37.7 Å². The van der Waals surface area contributed by atoms with Gasteiger partial charge in [0.2, 0.25) is 10.0 Å². The summed E-state index contributed by atoms with van der Waals surface area (Å²) in [5, 5.41) is 0.676. The van der Waals surface area contributed by atoms with Gasteiger partial charge < -0.3 is 0 Å². The highest BCUT2D eigenvalue weighted by Gasteiger charge is 2.30. The summed E-state index contributed by atoms with van der Waals surface area (Å²) < 4.78 is 27.5. The Morgan fingerprint density at radius 1 is 1.29 bits per heavy atom. The summed E-state index contributed by atoms with van der Waals surface area (Å²) in [7, 11) is -1.47. The minimum atomic E-state index is -3.28. The number of sulfonamides is 1. The Bertz CT molecular complexity index is 689. The maximum atomic E-state index is 12.2. The molecule has 0 atom stereocenters. The van der Waals surface area contributed by atoms with E-state index in [1.165, 1.54) is 28.5 Å². The highest BCUT2D eigenvalue weighted by atomic mass is 35.5. The van der Waals surface area contributed by atoms with Crippen molar-refractivity contribution in [3.8, 4) is 0 Å². The number of nitrogens with zero attached hydrogens (tertiary/aromatic N) is 3. The highest BCUT2D eigenvalue weighted by molar-refractivity contribution is 8.07. The Balaban J connectivity index is 2.06. The van der Waals surface area contributed by atoms with Gasteiger partial charge in [-0.25, -0.2) is 13.4 Å². The van der Waals surface area contributed by atoms with Gasteiger partial charge >= 0.3 is 0 Å². The first-order chi connectivity index (χ1) is 11.3. The van der Waals surface area contributed by atoms with Gasteiger partial charge in [0, 0.05) is 18.1 Å². The van der Waals surface area contributed by atoms with Crippen molar-refractivity contribution in [1.82, 2.24) is 8.02 Å². The molecule has 2 rings (SSSR count). The summed E-state index contributed by atoms with van der Waals surface area (Å²) in [5.41, 5.74) is 1.79. The molecule has 134 valence electrons. The van der Waals surface area contributed by atoms with Gasteiger partial charge in [-0.15, -0.1) is 3.71 Å². The number of halogens is 1. The van der Waals surface area contributed by atoms with Gasteiger partial charge in [0.15, 0.2) is 0 Å². The molecule has 0 spiro atoms. The fraction of sp³-hybridized carbons (Fsp3) is 0.562. The summed E-state index contributed by atoms with van der Waals surface area (Å²) in [6, 6.07) is 5.56. The van der Waals surface area contributed by atoms with Crippen LogP contribution in [0.3, 0.4) is 0 Å². The molecule has 1 aliphatic rings. The zero-order valence-electron chi connectivity index (χ0n) is 14.3. The van der Waals surface area contributed by atoms with E-state index in [0.29, 0.717) is 5.02 Å². The van der Waals surface area contributed by atoms with E-state index in [4.69, 9.17) is 11.6 Å². The Morgan fingerprint density at radius 2 is 1.96 bits per heavy atom. The van der Waals surface area contributed by atoms with Crippen molar-refractivity contribution in [2.75, 3.05) is 13.3 Å². The molecule has 8 heteroatoms. The second-order valence-electron chi connectivity index (χ2n) is 6.11. The molecule has 0 radical (unpaired) electrons. The fourth-order valence-electron chi connectivity index (χ4n) is 2.75. The summed E-state index contributed by atoms with van der Waals surface area (Å²) in [4.78, 5) is 4.43. The van der Waals surface area contributed by atoms with E-state index in [2.05, 4.69) is 4.99 Å². The second kappa shape index (κ2) is 8.56. The zero-order valence-corrected chi connectivity index (χ0v) is 16.7. The van der Waals surface area contributed by atoms with E-state index in [-0.39, 0.29) is 6.04 Å². The molecule has 1 aromatic rings. The van der Waals surface area contributed by atoms with Crippen LogP contribution >= 0.6 is 23.7 Å². The van der Waals surface area contributed by atoms with Gasteiger partial charge in [-0.2, -0.15) is 0 Å². The molecule has 0 bridgehead atoms. The van der Waals surface area contributed by atoms with Gasteiger partial charge in [-0.3, -0.25) is 4.31 Å². The van der Waals surface area contributed by atoms with Crippen LogP contribution in [0.25, 0.3) is 0 Å². The monoisotopic (exact) mass is 389 g/mol. The minimum Gasteiger partial charge on any atom is -0.296 e. The number of benzene rings is 1. The van der Waals surface area contributed by atoms with Crippen molar-refractivity contribution in [2.24, 2.45) is 4.99 Å². The largest absolute Gasteiger partial charge is 0.296 e. The Morgan fingerprint density at radius 3 is 2.54 bits per heavy atom. The van der Waals surface area contributed by atoms with Gasteiger partial charge in [0.05, 0.1) is 24.1 Å². The fourth-order valence-corrected chi connectivity index (χ4v) is 5.21. The summed E-state index contributed by atoms with van der Waals surface area (Å²) in [5.74, 6) is 0. The maximum Gasteiger partial charge on any atom is 0.222 e. The van der Waals surface area contributed by atoms with Gasteiger partial charge in [-0.1, -0.05) is 30.9 Å². The van der Waals surface area contributed by atoms with Crippen LogP contribution in [0.4, 0.5) is 5.69 Å². The van der Waals surface area contributed by atoms with Crippen LogP contribution < -0.4 is 0 Å². The van der Waals surface area contributed by atoms with Crippen LogP contribution in [-0.4, -0.2) is 42.1 Å². The molecule has 0 aliphatic heterocycles. The molecule has 5 nitrogen and oxygen atoms in total. The lowest BCUT2D eigenvalue weighted by Crippen LogP contribution is -2.38. The lowest BCUT2D eigenvalue weighted by Gasteiger charge is -2.32. The van der Waals surface area contributed by atoms with E-state index in [9.17, 15) is 8.42 Å². The molecule has 0 aromatic heterocycles. The molecular formula is C16H24ClN3O2S2. The zero-order chi connectivity index (χ0) is 17.7. The van der Waals surface area contributed by atoms with Crippen molar-refractivity contribution in [2.45, 2.75) is 45.1 Å². The van der Waals surface area contributed by atoms with Crippen molar-refractivity contribution in [1.29, 1.82) is 0 Å². The highest BCUT2D eigenvalue weighted by Crippen LogP contribution is 2.31. The lowest BCUT2D eigenvalue weighted by atomic mass is 9.96. The van der Waals surface area contributed by atoms with E-state index in [1.54, 1.807) is 23.8 Å². The molecule has 0 unspecified atom stereocenters. The summed E-state index contributed by atoms with van der Waals surface area (Å²) in [6.07, 6.45) is 8.09. The third kappa shape index (κ3) is 5.65. The molecule has 0 amide bonds. The molecule has 0 heterocycles. The molecule has 0 N–H and O–H groups in total.